The highest BCUT2D eigenvalue weighted by Crippen LogP contribution is 2.45. The number of hydrogen-bond acceptors (Lipinski definition) is 8. The highest BCUT2D eigenvalue weighted by atomic mass is 19.1. The second kappa shape index (κ2) is 11.0. The van der Waals surface area contributed by atoms with Crippen molar-refractivity contribution < 1.29 is 13.6 Å². The van der Waals surface area contributed by atoms with E-state index in [1.165, 1.54) is 24.4 Å². The molecule has 1 saturated carbocycles. The quantitative estimate of drug-likeness (QED) is 0.284. The Kier molecular flexibility index (Phi) is 6.87. The van der Waals surface area contributed by atoms with Crippen LogP contribution in [0.3, 0.4) is 0 Å². The zero-order valence-electron chi connectivity index (χ0n) is 24.2. The fourth-order valence-corrected chi connectivity index (χ4v) is 5.62. The van der Waals surface area contributed by atoms with Gasteiger partial charge in [0.25, 0.3) is 11.5 Å². The lowest BCUT2D eigenvalue weighted by Gasteiger charge is -2.43. The minimum absolute atomic E-state index is 0.0470. The van der Waals surface area contributed by atoms with Crippen LogP contribution in [-0.2, 0) is 7.05 Å². The summed E-state index contributed by atoms with van der Waals surface area (Å²) in [5.41, 5.74) is 1.77. The van der Waals surface area contributed by atoms with E-state index in [9.17, 15) is 14.0 Å². The third kappa shape index (κ3) is 5.09. The molecule has 0 saturated heterocycles. The van der Waals surface area contributed by atoms with Gasteiger partial charge in [0.05, 0.1) is 23.8 Å². The molecule has 7 rings (SSSR count). The summed E-state index contributed by atoms with van der Waals surface area (Å²) in [5.74, 6) is -1.09. The second-order valence-corrected chi connectivity index (χ2v) is 10.9. The molecule has 0 atom stereocenters. The van der Waals surface area contributed by atoms with E-state index in [2.05, 4.69) is 30.6 Å². The van der Waals surface area contributed by atoms with Crippen molar-refractivity contribution in [1.82, 2.24) is 39.1 Å². The van der Waals surface area contributed by atoms with E-state index in [1.54, 1.807) is 40.8 Å². The lowest BCUT2D eigenvalue weighted by atomic mass is 9.77. The number of aromatic nitrogens is 8. The molecule has 1 aliphatic rings. The van der Waals surface area contributed by atoms with E-state index in [4.69, 9.17) is 0 Å². The number of fused-ring (bicyclic) bond motifs is 1. The summed E-state index contributed by atoms with van der Waals surface area (Å²) in [6.45, 7) is 1.74. The first-order valence-corrected chi connectivity index (χ1v) is 14.2. The minimum Gasteiger partial charge on any atom is -0.321 e. The van der Waals surface area contributed by atoms with Crippen LogP contribution in [0.5, 0.6) is 0 Å². The molecule has 226 valence electrons. The smallest absolute Gasteiger partial charge is 0.285 e. The fourth-order valence-electron chi connectivity index (χ4n) is 5.62. The standard InChI is InChI=1S/C31H26F2N10O2/c1-18-13-27(23(33)16-25(18)38-30(44)22-5-8-37-43(31(22)45)28-4-3-20(32)17-35-28)42(29-26-6-9-36-41(26)12-10-34-29)21-14-19(15-21)24-7-11-40(2)39-24/h3-13,16-17,19,21H,14-15H2,1-2H3,(H,38,44). The Hall–Kier alpha value is -5.79. The largest absolute Gasteiger partial charge is 0.321 e. The summed E-state index contributed by atoms with van der Waals surface area (Å²) >= 11 is 0. The van der Waals surface area contributed by atoms with Crippen molar-refractivity contribution in [2.45, 2.75) is 31.7 Å². The monoisotopic (exact) mass is 608 g/mol. The Morgan fingerprint density at radius 1 is 1.00 bits per heavy atom. The van der Waals surface area contributed by atoms with Gasteiger partial charge in [0.1, 0.15) is 22.7 Å². The molecule has 1 fully saturated rings. The maximum atomic E-state index is 16.1. The summed E-state index contributed by atoms with van der Waals surface area (Å²) in [6, 6.07) is 10.3. The summed E-state index contributed by atoms with van der Waals surface area (Å²) in [6.07, 6.45) is 10.6. The van der Waals surface area contributed by atoms with Crippen molar-refractivity contribution in [2.75, 3.05) is 10.2 Å². The molecule has 5 heterocycles. The van der Waals surface area contributed by atoms with E-state index >= 15 is 4.39 Å². The van der Waals surface area contributed by atoms with Gasteiger partial charge in [-0.15, -0.1) is 0 Å². The van der Waals surface area contributed by atoms with Gasteiger partial charge in [-0.1, -0.05) is 0 Å². The molecular formula is C31H26F2N10O2. The van der Waals surface area contributed by atoms with E-state index in [1.807, 2.05) is 30.3 Å². The average Bonchev–Trinajstić information content (AvgIpc) is 3.66. The van der Waals surface area contributed by atoms with Crippen LogP contribution in [0, 0.1) is 18.6 Å². The molecule has 12 nitrogen and oxygen atoms in total. The van der Waals surface area contributed by atoms with E-state index < -0.39 is 23.1 Å². The van der Waals surface area contributed by atoms with Crippen LogP contribution in [0.2, 0.25) is 0 Å². The molecule has 0 aliphatic heterocycles. The predicted molar refractivity (Wildman–Crippen MR) is 161 cm³/mol. The number of benzene rings is 1. The molecule has 0 spiro atoms. The van der Waals surface area contributed by atoms with Crippen molar-refractivity contribution in [2.24, 2.45) is 7.05 Å². The van der Waals surface area contributed by atoms with Gasteiger partial charge < -0.3 is 10.2 Å². The lowest BCUT2D eigenvalue weighted by molar-refractivity contribution is 0.102. The van der Waals surface area contributed by atoms with E-state index in [0.717, 1.165) is 41.0 Å². The number of amides is 1. The molecule has 5 aromatic heterocycles. The third-order valence-electron chi connectivity index (χ3n) is 7.98. The highest BCUT2D eigenvalue weighted by molar-refractivity contribution is 6.04. The summed E-state index contributed by atoms with van der Waals surface area (Å²) < 4.78 is 33.8. The minimum atomic E-state index is -0.762. The van der Waals surface area contributed by atoms with Crippen LogP contribution in [0.4, 0.5) is 26.0 Å². The Balaban J connectivity index is 1.20. The van der Waals surface area contributed by atoms with Gasteiger partial charge in [0.2, 0.25) is 0 Å². The number of nitrogens with one attached hydrogen (secondary N) is 1. The zero-order valence-corrected chi connectivity index (χ0v) is 24.2. The normalized spacial score (nSPS) is 16.0. The molecule has 1 aliphatic carbocycles. The number of halogens is 2. The molecule has 14 heteroatoms. The molecule has 6 aromatic rings. The van der Waals surface area contributed by atoms with Crippen LogP contribution in [0.15, 0.2) is 84.4 Å². The molecule has 0 radical (unpaired) electrons. The first-order valence-electron chi connectivity index (χ1n) is 14.2. The van der Waals surface area contributed by atoms with Gasteiger partial charge in [-0.25, -0.2) is 23.3 Å². The second-order valence-electron chi connectivity index (χ2n) is 10.9. The van der Waals surface area contributed by atoms with Crippen molar-refractivity contribution in [1.29, 1.82) is 0 Å². The third-order valence-corrected chi connectivity index (χ3v) is 7.98. The van der Waals surface area contributed by atoms with Crippen LogP contribution >= 0.6 is 0 Å². The first-order chi connectivity index (χ1) is 21.8. The Bertz CT molecular complexity index is 2120. The summed E-state index contributed by atoms with van der Waals surface area (Å²) in [5, 5.41) is 15.5. The number of aryl methyl sites for hydroxylation is 2. The van der Waals surface area contributed by atoms with Crippen LogP contribution in [0.25, 0.3) is 11.3 Å². The number of carbonyl (C=O) groups excluding carboxylic acids is 1. The maximum absolute atomic E-state index is 16.1. The number of anilines is 3. The number of nitrogens with zero attached hydrogens (tertiary/aromatic N) is 9. The van der Waals surface area contributed by atoms with Gasteiger partial charge in [0, 0.05) is 49.5 Å². The molecular weight excluding hydrogens is 582 g/mol. The molecule has 1 amide bonds. The molecule has 0 bridgehead atoms. The Morgan fingerprint density at radius 3 is 2.58 bits per heavy atom. The highest BCUT2D eigenvalue weighted by Gasteiger charge is 2.39. The van der Waals surface area contributed by atoms with Gasteiger partial charge in [-0.3, -0.25) is 14.3 Å². The SMILES string of the molecule is Cc1cc(N(c2nccn3nccc23)C2CC(c3ccn(C)n3)C2)c(F)cc1NC(=O)c1ccnn(-c2ccc(F)cn2)c1=O. The van der Waals surface area contributed by atoms with Gasteiger partial charge in [0.15, 0.2) is 11.6 Å². The zero-order chi connectivity index (χ0) is 31.2. The molecule has 45 heavy (non-hydrogen) atoms. The van der Waals surface area contributed by atoms with E-state index in [0.29, 0.717) is 17.1 Å². The average molecular weight is 609 g/mol. The predicted octanol–water partition coefficient (Wildman–Crippen LogP) is 4.33. The van der Waals surface area contributed by atoms with E-state index in [-0.39, 0.29) is 29.0 Å². The van der Waals surface area contributed by atoms with Gasteiger partial charge in [-0.05, 0) is 67.8 Å². The fraction of sp³-hybridized carbons (Fsp3) is 0.194. The summed E-state index contributed by atoms with van der Waals surface area (Å²) in [4.78, 5) is 36.7. The number of pyridine rings is 1. The maximum Gasteiger partial charge on any atom is 0.285 e. The number of hydrogen-bond donors (Lipinski definition) is 1. The molecule has 1 N–H and O–H groups in total. The van der Waals surface area contributed by atoms with Crippen LogP contribution < -0.4 is 15.8 Å². The van der Waals surface area contributed by atoms with Crippen LogP contribution in [0.1, 0.15) is 40.4 Å². The molecule has 1 aromatic carbocycles. The number of carbonyl (C=O) groups is 1. The van der Waals surface area contributed by atoms with Crippen molar-refractivity contribution in [3.05, 3.63) is 118 Å². The molecule has 0 unspecified atom stereocenters. The van der Waals surface area contributed by atoms with Crippen molar-refractivity contribution in [3.8, 4) is 5.82 Å². The number of rotatable bonds is 7. The van der Waals surface area contributed by atoms with Gasteiger partial charge in [-0.2, -0.15) is 20.0 Å². The summed E-state index contributed by atoms with van der Waals surface area (Å²) in [7, 11) is 1.88. The first kappa shape index (κ1) is 28.0. The topological polar surface area (TPSA) is 128 Å². The van der Waals surface area contributed by atoms with Crippen LogP contribution in [-0.4, -0.2) is 51.1 Å². The Labute approximate surface area is 254 Å². The van der Waals surface area contributed by atoms with Crippen molar-refractivity contribution in [3.63, 3.8) is 0 Å². The van der Waals surface area contributed by atoms with Gasteiger partial charge >= 0.3 is 0 Å². The lowest BCUT2D eigenvalue weighted by Crippen LogP contribution is -2.42. The van der Waals surface area contributed by atoms with Crippen molar-refractivity contribution >= 4 is 28.6 Å². The Morgan fingerprint density at radius 2 is 1.82 bits per heavy atom.